The van der Waals surface area contributed by atoms with Crippen molar-refractivity contribution in [1.82, 2.24) is 10.2 Å². The fourth-order valence-corrected chi connectivity index (χ4v) is 0.819. The number of carbonyl (C=O) groups excluding carboxylic acids is 2. The first-order chi connectivity index (χ1) is 5.24. The van der Waals surface area contributed by atoms with Crippen molar-refractivity contribution in [2.75, 3.05) is 13.1 Å². The van der Waals surface area contributed by atoms with E-state index in [4.69, 9.17) is 5.73 Å². The molecule has 0 aromatic carbocycles. The van der Waals surface area contributed by atoms with E-state index in [9.17, 15) is 9.59 Å². The van der Waals surface area contributed by atoms with Gasteiger partial charge in [-0.15, -0.1) is 0 Å². The SMILES string of the molecule is N/C=C/CN1CC(=O)NC1=O. The van der Waals surface area contributed by atoms with Crippen molar-refractivity contribution < 1.29 is 9.59 Å². The number of urea groups is 1. The molecule has 1 rings (SSSR count). The Hall–Kier alpha value is -1.52. The summed E-state index contributed by atoms with van der Waals surface area (Å²) in [7, 11) is 0. The van der Waals surface area contributed by atoms with E-state index in [0.29, 0.717) is 6.54 Å². The highest BCUT2D eigenvalue weighted by Crippen LogP contribution is 1.96. The van der Waals surface area contributed by atoms with Crippen molar-refractivity contribution in [2.45, 2.75) is 0 Å². The summed E-state index contributed by atoms with van der Waals surface area (Å²) in [6, 6.07) is -0.354. The van der Waals surface area contributed by atoms with E-state index in [1.54, 1.807) is 6.08 Å². The number of nitrogens with one attached hydrogen (secondary N) is 1. The van der Waals surface area contributed by atoms with Crippen LogP contribution in [-0.4, -0.2) is 29.9 Å². The van der Waals surface area contributed by atoms with Gasteiger partial charge in [-0.25, -0.2) is 4.79 Å². The zero-order valence-electron chi connectivity index (χ0n) is 5.91. The molecule has 3 amide bonds. The summed E-state index contributed by atoms with van der Waals surface area (Å²) in [5.74, 6) is -0.263. The molecular weight excluding hydrogens is 146 g/mol. The third kappa shape index (κ3) is 1.70. The fraction of sp³-hybridized carbons (Fsp3) is 0.333. The molecule has 3 N–H and O–H groups in total. The van der Waals surface area contributed by atoms with Gasteiger partial charge < -0.3 is 10.6 Å². The lowest BCUT2D eigenvalue weighted by molar-refractivity contribution is -0.118. The van der Waals surface area contributed by atoms with Crippen molar-refractivity contribution in [2.24, 2.45) is 5.73 Å². The Bertz CT molecular complexity index is 212. The van der Waals surface area contributed by atoms with Crippen LogP contribution < -0.4 is 11.1 Å². The predicted molar refractivity (Wildman–Crippen MR) is 38.4 cm³/mol. The van der Waals surface area contributed by atoms with Gasteiger partial charge in [-0.2, -0.15) is 0 Å². The smallest absolute Gasteiger partial charge is 0.324 e. The quantitative estimate of drug-likeness (QED) is 0.503. The monoisotopic (exact) mass is 155 g/mol. The highest BCUT2D eigenvalue weighted by atomic mass is 16.2. The standard InChI is InChI=1S/C6H9N3O2/c7-2-1-3-9-4-5(10)8-6(9)11/h1-2H,3-4,7H2,(H,8,10,11)/b2-1+. The minimum Gasteiger partial charge on any atom is -0.405 e. The second kappa shape index (κ2) is 3.05. The molecule has 60 valence electrons. The molecule has 1 heterocycles. The summed E-state index contributed by atoms with van der Waals surface area (Å²) in [5, 5.41) is 2.15. The molecule has 1 fully saturated rings. The molecule has 1 aliphatic heterocycles. The molecule has 0 radical (unpaired) electrons. The molecule has 0 atom stereocenters. The second-order valence-corrected chi connectivity index (χ2v) is 2.16. The highest BCUT2D eigenvalue weighted by molar-refractivity contribution is 6.01. The van der Waals surface area contributed by atoms with E-state index < -0.39 is 0 Å². The zero-order chi connectivity index (χ0) is 8.27. The van der Waals surface area contributed by atoms with Gasteiger partial charge in [-0.3, -0.25) is 10.1 Å². The topological polar surface area (TPSA) is 75.4 Å². The lowest BCUT2D eigenvalue weighted by Gasteiger charge is -2.07. The van der Waals surface area contributed by atoms with Crippen molar-refractivity contribution in [3.05, 3.63) is 12.3 Å². The molecule has 11 heavy (non-hydrogen) atoms. The van der Waals surface area contributed by atoms with Crippen LogP contribution in [0.2, 0.25) is 0 Å². The zero-order valence-corrected chi connectivity index (χ0v) is 5.91. The molecule has 0 unspecified atom stereocenters. The summed E-state index contributed by atoms with van der Waals surface area (Å²) in [5.41, 5.74) is 5.06. The molecule has 5 heteroatoms. The van der Waals surface area contributed by atoms with Crippen molar-refractivity contribution in [3.8, 4) is 0 Å². The highest BCUT2D eigenvalue weighted by Gasteiger charge is 2.24. The van der Waals surface area contributed by atoms with Crippen LogP contribution in [-0.2, 0) is 4.79 Å². The number of nitrogens with zero attached hydrogens (tertiary/aromatic N) is 1. The maximum Gasteiger partial charge on any atom is 0.324 e. The van der Waals surface area contributed by atoms with Crippen molar-refractivity contribution >= 4 is 11.9 Å². The number of carbonyl (C=O) groups is 2. The van der Waals surface area contributed by atoms with Gasteiger partial charge in [-0.1, -0.05) is 0 Å². The van der Waals surface area contributed by atoms with Crippen LogP contribution in [0.15, 0.2) is 12.3 Å². The Morgan fingerprint density at radius 3 is 2.82 bits per heavy atom. The Balaban J connectivity index is 2.47. The summed E-state index contributed by atoms with van der Waals surface area (Å²) in [4.78, 5) is 22.8. The van der Waals surface area contributed by atoms with E-state index >= 15 is 0 Å². The summed E-state index contributed by atoms with van der Waals surface area (Å²) in [6.45, 7) is 0.511. The number of amides is 3. The summed E-state index contributed by atoms with van der Waals surface area (Å²) in [6.07, 6.45) is 2.95. The molecule has 0 aliphatic carbocycles. The maximum absolute atomic E-state index is 10.8. The molecular formula is C6H9N3O2. The van der Waals surface area contributed by atoms with Gasteiger partial charge >= 0.3 is 6.03 Å². The minimum atomic E-state index is -0.354. The molecule has 0 spiro atoms. The number of nitrogens with two attached hydrogens (primary N) is 1. The van der Waals surface area contributed by atoms with E-state index in [0.717, 1.165) is 0 Å². The average molecular weight is 155 g/mol. The first-order valence-electron chi connectivity index (χ1n) is 3.19. The number of hydrogen-bond acceptors (Lipinski definition) is 3. The Morgan fingerprint density at radius 1 is 1.64 bits per heavy atom. The first kappa shape index (κ1) is 7.59. The average Bonchev–Trinajstić information content (AvgIpc) is 2.26. The van der Waals surface area contributed by atoms with Gasteiger partial charge in [0.05, 0.1) is 0 Å². The maximum atomic E-state index is 10.8. The van der Waals surface area contributed by atoms with E-state index in [2.05, 4.69) is 5.32 Å². The molecule has 0 aromatic heterocycles. The van der Waals surface area contributed by atoms with Crippen molar-refractivity contribution in [3.63, 3.8) is 0 Å². The van der Waals surface area contributed by atoms with Crippen LogP contribution in [0.4, 0.5) is 4.79 Å². The third-order valence-corrected chi connectivity index (χ3v) is 1.33. The van der Waals surface area contributed by atoms with Crippen LogP contribution >= 0.6 is 0 Å². The van der Waals surface area contributed by atoms with Crippen LogP contribution in [0.3, 0.4) is 0 Å². The Morgan fingerprint density at radius 2 is 2.36 bits per heavy atom. The van der Waals surface area contributed by atoms with Crippen LogP contribution in [0, 0.1) is 0 Å². The fourth-order valence-electron chi connectivity index (χ4n) is 0.819. The summed E-state index contributed by atoms with van der Waals surface area (Å²) >= 11 is 0. The largest absolute Gasteiger partial charge is 0.405 e. The van der Waals surface area contributed by atoms with Gasteiger partial charge in [0, 0.05) is 6.54 Å². The Kier molecular flexibility index (Phi) is 2.10. The molecule has 5 nitrogen and oxygen atoms in total. The van der Waals surface area contributed by atoms with Crippen LogP contribution in [0.25, 0.3) is 0 Å². The molecule has 1 aliphatic rings. The van der Waals surface area contributed by atoms with Crippen molar-refractivity contribution in [1.29, 1.82) is 0 Å². The molecule has 0 aromatic rings. The van der Waals surface area contributed by atoms with Gasteiger partial charge in [0.25, 0.3) is 0 Å². The predicted octanol–water partition coefficient (Wildman–Crippen LogP) is -0.989. The van der Waals surface area contributed by atoms with E-state index in [1.807, 2.05) is 0 Å². The number of rotatable bonds is 2. The minimum absolute atomic E-state index is 0.128. The molecule has 1 saturated heterocycles. The lowest BCUT2D eigenvalue weighted by atomic mass is 10.5. The number of imide groups is 1. The van der Waals surface area contributed by atoms with E-state index in [1.165, 1.54) is 11.1 Å². The molecule has 0 saturated carbocycles. The lowest BCUT2D eigenvalue weighted by Crippen LogP contribution is -2.28. The van der Waals surface area contributed by atoms with Gasteiger partial charge in [-0.05, 0) is 12.3 Å². The normalized spacial score (nSPS) is 18.0. The third-order valence-electron chi connectivity index (χ3n) is 1.33. The van der Waals surface area contributed by atoms with Gasteiger partial charge in [0.1, 0.15) is 6.54 Å². The van der Waals surface area contributed by atoms with E-state index in [-0.39, 0.29) is 18.5 Å². The number of hydrogen-bond donors (Lipinski definition) is 2. The van der Waals surface area contributed by atoms with Crippen LogP contribution in [0.5, 0.6) is 0 Å². The molecule has 0 bridgehead atoms. The summed E-state index contributed by atoms with van der Waals surface area (Å²) < 4.78 is 0. The van der Waals surface area contributed by atoms with Gasteiger partial charge in [0.2, 0.25) is 5.91 Å². The first-order valence-corrected chi connectivity index (χ1v) is 3.19. The van der Waals surface area contributed by atoms with Crippen LogP contribution in [0.1, 0.15) is 0 Å². The van der Waals surface area contributed by atoms with Gasteiger partial charge in [0.15, 0.2) is 0 Å². The Labute approximate surface area is 63.8 Å². The second-order valence-electron chi connectivity index (χ2n) is 2.16.